The maximum absolute atomic E-state index is 12.9. The quantitative estimate of drug-likeness (QED) is 0.741. The Hall–Kier alpha value is -3.28. The highest BCUT2D eigenvalue weighted by molar-refractivity contribution is 5.93. The standard InChI is InChI=1S/C22H21FN4O/c23-20-7-5-16(6-8-20)9-11-24-22-25-13-19(14-26-22)21(28)27-12-10-17-3-1-2-4-18(17)15-27/h1-8,13-14H,9-12,15H2,(H,24,25,26). The molecular formula is C22H21FN4O. The Morgan fingerprint density at radius 2 is 1.75 bits per heavy atom. The van der Waals surface area contributed by atoms with Gasteiger partial charge in [-0.15, -0.1) is 0 Å². The number of nitrogens with one attached hydrogen (secondary N) is 1. The van der Waals surface area contributed by atoms with Crippen LogP contribution in [0.4, 0.5) is 10.3 Å². The minimum Gasteiger partial charge on any atom is -0.354 e. The van der Waals surface area contributed by atoms with Crippen molar-refractivity contribution in [2.24, 2.45) is 0 Å². The monoisotopic (exact) mass is 376 g/mol. The maximum Gasteiger partial charge on any atom is 0.257 e. The van der Waals surface area contributed by atoms with Gasteiger partial charge in [0, 0.05) is 32.0 Å². The van der Waals surface area contributed by atoms with Crippen molar-refractivity contribution in [2.45, 2.75) is 19.4 Å². The summed E-state index contributed by atoms with van der Waals surface area (Å²) in [5, 5.41) is 3.13. The Labute approximate surface area is 163 Å². The molecule has 0 spiro atoms. The van der Waals surface area contributed by atoms with Crippen LogP contribution in [0.5, 0.6) is 0 Å². The van der Waals surface area contributed by atoms with E-state index in [1.165, 1.54) is 23.3 Å². The third-order valence-corrected chi connectivity index (χ3v) is 4.93. The van der Waals surface area contributed by atoms with E-state index in [4.69, 9.17) is 0 Å². The molecule has 28 heavy (non-hydrogen) atoms. The van der Waals surface area contributed by atoms with Crippen LogP contribution in [0.25, 0.3) is 0 Å². The fraction of sp³-hybridized carbons (Fsp3) is 0.227. The van der Waals surface area contributed by atoms with E-state index in [1.54, 1.807) is 24.5 Å². The molecule has 142 valence electrons. The Morgan fingerprint density at radius 1 is 1.04 bits per heavy atom. The van der Waals surface area contributed by atoms with Gasteiger partial charge in [-0.3, -0.25) is 4.79 Å². The zero-order chi connectivity index (χ0) is 19.3. The summed E-state index contributed by atoms with van der Waals surface area (Å²) in [6, 6.07) is 14.6. The topological polar surface area (TPSA) is 58.1 Å². The van der Waals surface area contributed by atoms with Crippen LogP contribution < -0.4 is 5.32 Å². The summed E-state index contributed by atoms with van der Waals surface area (Å²) in [4.78, 5) is 23.1. The second-order valence-corrected chi connectivity index (χ2v) is 6.84. The zero-order valence-electron chi connectivity index (χ0n) is 15.4. The molecule has 1 amide bonds. The number of fused-ring (bicyclic) bond motifs is 1. The predicted octanol–water partition coefficient (Wildman–Crippen LogP) is 3.47. The molecule has 3 aromatic rings. The first-order valence-corrected chi connectivity index (χ1v) is 9.35. The fourth-order valence-electron chi connectivity index (χ4n) is 3.35. The number of carbonyl (C=O) groups is 1. The van der Waals surface area contributed by atoms with Crippen molar-refractivity contribution in [2.75, 3.05) is 18.4 Å². The molecule has 2 aromatic carbocycles. The third-order valence-electron chi connectivity index (χ3n) is 4.93. The minimum atomic E-state index is -0.238. The summed E-state index contributed by atoms with van der Waals surface area (Å²) in [6.45, 7) is 1.95. The molecule has 2 heterocycles. The van der Waals surface area contributed by atoms with Gasteiger partial charge >= 0.3 is 0 Å². The fourth-order valence-corrected chi connectivity index (χ4v) is 3.35. The van der Waals surface area contributed by atoms with E-state index in [2.05, 4.69) is 27.4 Å². The van der Waals surface area contributed by atoms with Crippen LogP contribution >= 0.6 is 0 Å². The van der Waals surface area contributed by atoms with E-state index in [9.17, 15) is 9.18 Å². The highest BCUT2D eigenvalue weighted by Crippen LogP contribution is 2.20. The molecule has 6 heteroatoms. The second-order valence-electron chi connectivity index (χ2n) is 6.84. The van der Waals surface area contributed by atoms with Crippen LogP contribution in [0.1, 0.15) is 27.0 Å². The first-order chi connectivity index (χ1) is 13.7. The zero-order valence-corrected chi connectivity index (χ0v) is 15.4. The number of hydrogen-bond donors (Lipinski definition) is 1. The van der Waals surface area contributed by atoms with E-state index in [0.717, 1.165) is 18.4 Å². The van der Waals surface area contributed by atoms with Crippen molar-refractivity contribution < 1.29 is 9.18 Å². The molecule has 1 aromatic heterocycles. The third kappa shape index (κ3) is 4.17. The van der Waals surface area contributed by atoms with E-state index in [1.807, 2.05) is 17.0 Å². The molecule has 0 saturated heterocycles. The summed E-state index contributed by atoms with van der Waals surface area (Å²) in [5.74, 6) is 0.188. The number of halogens is 1. The van der Waals surface area contributed by atoms with Gasteiger partial charge < -0.3 is 10.2 Å². The lowest BCUT2D eigenvalue weighted by Gasteiger charge is -2.28. The highest BCUT2D eigenvalue weighted by Gasteiger charge is 2.21. The van der Waals surface area contributed by atoms with Gasteiger partial charge in [0.15, 0.2) is 0 Å². The summed E-state index contributed by atoms with van der Waals surface area (Å²) in [5.41, 5.74) is 4.03. The molecule has 0 fully saturated rings. The molecular weight excluding hydrogens is 355 g/mol. The number of nitrogens with zero attached hydrogens (tertiary/aromatic N) is 3. The number of benzene rings is 2. The van der Waals surface area contributed by atoms with Crippen molar-refractivity contribution in [3.8, 4) is 0 Å². The summed E-state index contributed by atoms with van der Waals surface area (Å²) in [6.07, 6.45) is 4.73. The lowest BCUT2D eigenvalue weighted by atomic mass is 9.99. The van der Waals surface area contributed by atoms with Gasteiger partial charge in [0.05, 0.1) is 5.56 Å². The van der Waals surface area contributed by atoms with Gasteiger partial charge in [0.1, 0.15) is 5.82 Å². The van der Waals surface area contributed by atoms with Crippen LogP contribution in [0.2, 0.25) is 0 Å². The first kappa shape index (κ1) is 18.1. The van der Waals surface area contributed by atoms with Crippen LogP contribution in [-0.4, -0.2) is 33.9 Å². The summed E-state index contributed by atoms with van der Waals surface area (Å²) in [7, 11) is 0. The van der Waals surface area contributed by atoms with E-state index in [0.29, 0.717) is 31.1 Å². The molecule has 0 saturated carbocycles. The molecule has 0 bridgehead atoms. The molecule has 0 aliphatic carbocycles. The molecule has 1 N–H and O–H groups in total. The van der Waals surface area contributed by atoms with Gasteiger partial charge in [-0.25, -0.2) is 14.4 Å². The maximum atomic E-state index is 12.9. The molecule has 0 atom stereocenters. The summed E-state index contributed by atoms with van der Waals surface area (Å²) >= 11 is 0. The van der Waals surface area contributed by atoms with Crippen LogP contribution in [0.15, 0.2) is 60.9 Å². The van der Waals surface area contributed by atoms with Crippen molar-refractivity contribution in [1.82, 2.24) is 14.9 Å². The highest BCUT2D eigenvalue weighted by atomic mass is 19.1. The van der Waals surface area contributed by atoms with Crippen LogP contribution in [0.3, 0.4) is 0 Å². The number of hydrogen-bond acceptors (Lipinski definition) is 4. The number of aromatic nitrogens is 2. The van der Waals surface area contributed by atoms with E-state index >= 15 is 0 Å². The van der Waals surface area contributed by atoms with E-state index in [-0.39, 0.29) is 11.7 Å². The molecule has 1 aliphatic heterocycles. The van der Waals surface area contributed by atoms with Crippen molar-refractivity contribution in [3.05, 3.63) is 89.0 Å². The molecule has 0 unspecified atom stereocenters. The van der Waals surface area contributed by atoms with Crippen molar-refractivity contribution >= 4 is 11.9 Å². The lowest BCUT2D eigenvalue weighted by molar-refractivity contribution is 0.0734. The molecule has 4 rings (SSSR count). The average Bonchev–Trinajstić information content (AvgIpc) is 2.75. The largest absolute Gasteiger partial charge is 0.354 e. The number of carbonyl (C=O) groups excluding carboxylic acids is 1. The van der Waals surface area contributed by atoms with Gasteiger partial charge in [-0.2, -0.15) is 0 Å². The Morgan fingerprint density at radius 3 is 2.50 bits per heavy atom. The second kappa shape index (κ2) is 8.17. The van der Waals surface area contributed by atoms with Gasteiger partial charge in [0.25, 0.3) is 5.91 Å². The lowest BCUT2D eigenvalue weighted by Crippen LogP contribution is -2.36. The van der Waals surface area contributed by atoms with Crippen LogP contribution in [-0.2, 0) is 19.4 Å². The van der Waals surface area contributed by atoms with Crippen LogP contribution in [0, 0.1) is 5.82 Å². The number of anilines is 1. The smallest absolute Gasteiger partial charge is 0.257 e. The molecule has 0 radical (unpaired) electrons. The average molecular weight is 376 g/mol. The van der Waals surface area contributed by atoms with Gasteiger partial charge in [0.2, 0.25) is 5.95 Å². The van der Waals surface area contributed by atoms with Gasteiger partial charge in [-0.05, 0) is 41.7 Å². The Bertz CT molecular complexity index is 957. The van der Waals surface area contributed by atoms with E-state index < -0.39 is 0 Å². The molecule has 1 aliphatic rings. The predicted molar refractivity (Wildman–Crippen MR) is 106 cm³/mol. The number of amides is 1. The van der Waals surface area contributed by atoms with Gasteiger partial charge in [-0.1, -0.05) is 36.4 Å². The van der Waals surface area contributed by atoms with Crippen molar-refractivity contribution in [3.63, 3.8) is 0 Å². The summed E-state index contributed by atoms with van der Waals surface area (Å²) < 4.78 is 12.9. The SMILES string of the molecule is O=C(c1cnc(NCCc2ccc(F)cc2)nc1)N1CCc2ccccc2C1. The van der Waals surface area contributed by atoms with Crippen molar-refractivity contribution in [1.29, 1.82) is 0 Å². The minimum absolute atomic E-state index is 0.0487. The normalized spacial score (nSPS) is 13.1. The molecule has 5 nitrogen and oxygen atoms in total. The first-order valence-electron chi connectivity index (χ1n) is 9.35. The Kier molecular flexibility index (Phi) is 5.28. The Balaban J connectivity index is 1.33. The number of rotatable bonds is 5.